The first-order chi connectivity index (χ1) is 10.2. The van der Waals surface area contributed by atoms with E-state index in [2.05, 4.69) is 42.1 Å². The largest absolute Gasteiger partial charge is 0.378 e. The molecule has 4 nitrogen and oxygen atoms in total. The minimum Gasteiger partial charge on any atom is -0.378 e. The third-order valence-corrected chi connectivity index (χ3v) is 4.49. The van der Waals surface area contributed by atoms with Crippen molar-refractivity contribution in [3.05, 3.63) is 17.6 Å². The molecule has 2 unspecified atom stereocenters. The van der Waals surface area contributed by atoms with Crippen LogP contribution in [0.3, 0.4) is 0 Å². The predicted octanol–water partition coefficient (Wildman–Crippen LogP) is 3.74. The molecule has 118 valence electrons. The Balaban J connectivity index is 2.00. The number of nitrogens with one attached hydrogen (secondary N) is 1. The van der Waals surface area contributed by atoms with Crippen molar-refractivity contribution in [2.45, 2.75) is 71.9 Å². The van der Waals surface area contributed by atoms with Crippen LogP contribution in [0.2, 0.25) is 0 Å². The second-order valence-electron chi connectivity index (χ2n) is 6.00. The Morgan fingerprint density at radius 1 is 1.29 bits per heavy atom. The van der Waals surface area contributed by atoms with Crippen LogP contribution in [0.15, 0.2) is 6.07 Å². The predicted molar refractivity (Wildman–Crippen MR) is 86.6 cm³/mol. The van der Waals surface area contributed by atoms with Gasteiger partial charge in [0.15, 0.2) is 0 Å². The average molecular weight is 291 g/mol. The molecular weight excluding hydrogens is 262 g/mol. The molecule has 1 aliphatic heterocycles. The number of nitrogens with zero attached hydrogens (tertiary/aromatic N) is 2. The highest BCUT2D eigenvalue weighted by Crippen LogP contribution is 2.26. The van der Waals surface area contributed by atoms with Crippen molar-refractivity contribution in [2.24, 2.45) is 5.92 Å². The smallest absolute Gasteiger partial charge is 0.130 e. The highest BCUT2D eigenvalue weighted by Gasteiger charge is 2.27. The van der Waals surface area contributed by atoms with E-state index in [9.17, 15) is 0 Å². The number of rotatable bonds is 6. The van der Waals surface area contributed by atoms with E-state index in [1.54, 1.807) is 0 Å². The van der Waals surface area contributed by atoms with Gasteiger partial charge in [-0.25, -0.2) is 9.97 Å². The summed E-state index contributed by atoms with van der Waals surface area (Å²) in [6, 6.07) is 2.54. The van der Waals surface area contributed by atoms with E-state index >= 15 is 0 Å². The Labute approximate surface area is 128 Å². The molecule has 2 atom stereocenters. The standard InChI is InChI=1S/C17H29N3O/c1-5-13(6-2)16-10-15(8-9-21-16)20-17-11-14(7-3)18-12(4)19-17/h11,13,15-16H,5-10H2,1-4H3,(H,18,19,20). The molecule has 1 saturated heterocycles. The minimum absolute atomic E-state index is 0.389. The second-order valence-corrected chi connectivity index (χ2v) is 6.00. The van der Waals surface area contributed by atoms with Gasteiger partial charge in [-0.15, -0.1) is 0 Å². The van der Waals surface area contributed by atoms with Crippen molar-refractivity contribution in [1.29, 1.82) is 0 Å². The molecule has 0 aromatic carbocycles. The molecule has 1 aromatic rings. The fourth-order valence-electron chi connectivity index (χ4n) is 3.20. The van der Waals surface area contributed by atoms with Crippen LogP contribution in [0.1, 0.15) is 58.0 Å². The monoisotopic (exact) mass is 291 g/mol. The lowest BCUT2D eigenvalue weighted by atomic mass is 9.89. The lowest BCUT2D eigenvalue weighted by Gasteiger charge is -2.34. The summed E-state index contributed by atoms with van der Waals surface area (Å²) in [6.45, 7) is 9.46. The zero-order chi connectivity index (χ0) is 15.2. The summed E-state index contributed by atoms with van der Waals surface area (Å²) in [5, 5.41) is 3.60. The molecule has 0 aliphatic carbocycles. The number of aryl methyl sites for hydroxylation is 2. The zero-order valence-corrected chi connectivity index (χ0v) is 13.9. The Hall–Kier alpha value is -1.16. The van der Waals surface area contributed by atoms with Crippen LogP contribution in [0, 0.1) is 12.8 Å². The molecule has 4 heteroatoms. The number of anilines is 1. The van der Waals surface area contributed by atoms with Crippen molar-refractivity contribution in [3.63, 3.8) is 0 Å². The van der Waals surface area contributed by atoms with Crippen LogP contribution in [0.25, 0.3) is 0 Å². The van der Waals surface area contributed by atoms with Gasteiger partial charge < -0.3 is 10.1 Å². The first-order valence-corrected chi connectivity index (χ1v) is 8.38. The maximum atomic E-state index is 5.99. The Kier molecular flexibility index (Phi) is 5.97. The first kappa shape index (κ1) is 16.2. The topological polar surface area (TPSA) is 47.0 Å². The number of hydrogen-bond donors (Lipinski definition) is 1. The molecule has 21 heavy (non-hydrogen) atoms. The molecule has 0 spiro atoms. The molecule has 1 aliphatic rings. The fourth-order valence-corrected chi connectivity index (χ4v) is 3.20. The zero-order valence-electron chi connectivity index (χ0n) is 13.9. The van der Waals surface area contributed by atoms with E-state index < -0.39 is 0 Å². The van der Waals surface area contributed by atoms with Crippen LogP contribution < -0.4 is 5.32 Å². The van der Waals surface area contributed by atoms with Gasteiger partial charge in [0.05, 0.1) is 6.10 Å². The Bertz CT molecular complexity index is 446. The van der Waals surface area contributed by atoms with Gasteiger partial charge in [0.25, 0.3) is 0 Å². The fraction of sp³-hybridized carbons (Fsp3) is 0.765. The maximum absolute atomic E-state index is 5.99. The van der Waals surface area contributed by atoms with E-state index in [-0.39, 0.29) is 0 Å². The van der Waals surface area contributed by atoms with Crippen LogP contribution in [0.4, 0.5) is 5.82 Å². The van der Waals surface area contributed by atoms with Gasteiger partial charge in [-0.05, 0) is 32.1 Å². The van der Waals surface area contributed by atoms with E-state index in [4.69, 9.17) is 4.74 Å². The summed E-state index contributed by atoms with van der Waals surface area (Å²) < 4.78 is 5.99. The minimum atomic E-state index is 0.389. The van der Waals surface area contributed by atoms with Gasteiger partial charge in [-0.3, -0.25) is 0 Å². The van der Waals surface area contributed by atoms with E-state index in [1.165, 1.54) is 12.8 Å². The van der Waals surface area contributed by atoms with Crippen LogP contribution >= 0.6 is 0 Å². The Morgan fingerprint density at radius 3 is 2.71 bits per heavy atom. The van der Waals surface area contributed by atoms with Gasteiger partial charge >= 0.3 is 0 Å². The molecule has 1 fully saturated rings. The summed E-state index contributed by atoms with van der Waals surface area (Å²) in [4.78, 5) is 8.96. The SMILES string of the molecule is CCc1cc(NC2CCOC(C(CC)CC)C2)nc(C)n1. The summed E-state index contributed by atoms with van der Waals surface area (Å²) in [5.41, 5.74) is 1.11. The molecule has 1 N–H and O–H groups in total. The van der Waals surface area contributed by atoms with Gasteiger partial charge in [0, 0.05) is 24.4 Å². The van der Waals surface area contributed by atoms with Crippen molar-refractivity contribution >= 4 is 5.82 Å². The summed E-state index contributed by atoms with van der Waals surface area (Å²) in [6.07, 6.45) is 5.86. The van der Waals surface area contributed by atoms with Crippen molar-refractivity contribution in [2.75, 3.05) is 11.9 Å². The maximum Gasteiger partial charge on any atom is 0.130 e. The van der Waals surface area contributed by atoms with Crippen molar-refractivity contribution in [1.82, 2.24) is 9.97 Å². The highest BCUT2D eigenvalue weighted by atomic mass is 16.5. The average Bonchev–Trinajstić information content (AvgIpc) is 2.48. The number of ether oxygens (including phenoxy) is 1. The Morgan fingerprint density at radius 2 is 2.05 bits per heavy atom. The van der Waals surface area contributed by atoms with E-state index in [0.717, 1.165) is 43.2 Å². The van der Waals surface area contributed by atoms with Crippen LogP contribution in [-0.2, 0) is 11.2 Å². The van der Waals surface area contributed by atoms with Gasteiger partial charge in [-0.1, -0.05) is 33.6 Å². The van der Waals surface area contributed by atoms with Gasteiger partial charge in [0.1, 0.15) is 11.6 Å². The molecule has 0 bridgehead atoms. The third kappa shape index (κ3) is 4.40. The molecule has 1 aromatic heterocycles. The van der Waals surface area contributed by atoms with Gasteiger partial charge in [-0.2, -0.15) is 0 Å². The third-order valence-electron chi connectivity index (χ3n) is 4.49. The van der Waals surface area contributed by atoms with Gasteiger partial charge in [0.2, 0.25) is 0 Å². The lowest BCUT2D eigenvalue weighted by Crippen LogP contribution is -2.38. The van der Waals surface area contributed by atoms with Crippen LogP contribution in [0.5, 0.6) is 0 Å². The lowest BCUT2D eigenvalue weighted by molar-refractivity contribution is -0.0271. The molecule has 0 saturated carbocycles. The normalized spacial score (nSPS) is 22.5. The molecule has 0 amide bonds. The van der Waals surface area contributed by atoms with Crippen LogP contribution in [-0.4, -0.2) is 28.7 Å². The quantitative estimate of drug-likeness (QED) is 0.867. The molecule has 2 heterocycles. The number of hydrogen-bond acceptors (Lipinski definition) is 4. The summed E-state index contributed by atoms with van der Waals surface area (Å²) in [7, 11) is 0. The van der Waals surface area contributed by atoms with E-state index in [0.29, 0.717) is 18.1 Å². The highest BCUT2D eigenvalue weighted by molar-refractivity contribution is 5.37. The second kappa shape index (κ2) is 7.74. The first-order valence-electron chi connectivity index (χ1n) is 8.38. The number of aromatic nitrogens is 2. The molecule has 2 rings (SSSR count). The van der Waals surface area contributed by atoms with Crippen molar-refractivity contribution in [3.8, 4) is 0 Å². The summed E-state index contributed by atoms with van der Waals surface area (Å²) >= 11 is 0. The van der Waals surface area contributed by atoms with Crippen molar-refractivity contribution < 1.29 is 4.74 Å². The molecular formula is C17H29N3O. The molecule has 0 radical (unpaired) electrons. The summed E-state index contributed by atoms with van der Waals surface area (Å²) in [5.74, 6) is 2.49. The van der Waals surface area contributed by atoms with E-state index in [1.807, 2.05) is 6.92 Å².